The van der Waals surface area contributed by atoms with Gasteiger partial charge in [0, 0.05) is 12.0 Å². The Kier molecular flexibility index (Phi) is 5.14. The number of anilines is 1. The molecular formula is C15H22N4O2. The van der Waals surface area contributed by atoms with E-state index in [9.17, 15) is 9.59 Å². The number of H-pyrrole nitrogens is 1. The zero-order valence-electron chi connectivity index (χ0n) is 12.4. The average Bonchev–Trinajstić information content (AvgIpc) is 3.10. The van der Waals surface area contributed by atoms with E-state index in [-0.39, 0.29) is 17.7 Å². The summed E-state index contributed by atoms with van der Waals surface area (Å²) in [5, 5.41) is 12.1. The highest BCUT2D eigenvalue weighted by molar-refractivity contribution is 5.96. The van der Waals surface area contributed by atoms with Gasteiger partial charge in [-0.15, -0.1) is 0 Å². The van der Waals surface area contributed by atoms with Crippen LogP contribution in [0.5, 0.6) is 0 Å². The quantitative estimate of drug-likeness (QED) is 0.699. The number of aromatic amines is 1. The molecule has 0 aliphatic heterocycles. The van der Waals surface area contributed by atoms with Crippen LogP contribution in [0.2, 0.25) is 0 Å². The maximum absolute atomic E-state index is 12.3. The molecule has 6 heteroatoms. The van der Waals surface area contributed by atoms with Gasteiger partial charge < -0.3 is 10.6 Å². The molecule has 2 rings (SSSR count). The molecular weight excluding hydrogens is 268 g/mol. The van der Waals surface area contributed by atoms with Crippen molar-refractivity contribution in [2.24, 2.45) is 11.8 Å². The lowest BCUT2D eigenvalue weighted by atomic mass is 10.0. The third-order valence-corrected chi connectivity index (χ3v) is 3.48. The van der Waals surface area contributed by atoms with Crippen molar-refractivity contribution in [2.75, 3.05) is 5.32 Å². The maximum Gasteiger partial charge on any atom is 0.248 e. The SMILES string of the molecule is CC(C)C[C@@H](NC(=O)C1CC=CC1)C(=O)Nc1ccn[nH]1. The van der Waals surface area contributed by atoms with E-state index in [1.807, 2.05) is 26.0 Å². The summed E-state index contributed by atoms with van der Waals surface area (Å²) in [7, 11) is 0. The van der Waals surface area contributed by atoms with Gasteiger partial charge in [-0.1, -0.05) is 26.0 Å². The lowest BCUT2D eigenvalue weighted by molar-refractivity contribution is -0.129. The monoisotopic (exact) mass is 290 g/mol. The van der Waals surface area contributed by atoms with E-state index in [2.05, 4.69) is 20.8 Å². The first-order valence-corrected chi connectivity index (χ1v) is 7.32. The van der Waals surface area contributed by atoms with E-state index < -0.39 is 6.04 Å². The minimum atomic E-state index is -0.526. The van der Waals surface area contributed by atoms with Crippen LogP contribution in [-0.2, 0) is 9.59 Å². The van der Waals surface area contributed by atoms with Crippen molar-refractivity contribution in [1.82, 2.24) is 15.5 Å². The van der Waals surface area contributed by atoms with Gasteiger partial charge in [0.05, 0.1) is 6.20 Å². The van der Waals surface area contributed by atoms with Crippen molar-refractivity contribution in [3.63, 3.8) is 0 Å². The van der Waals surface area contributed by atoms with E-state index in [0.717, 1.165) is 12.8 Å². The van der Waals surface area contributed by atoms with Crippen molar-refractivity contribution >= 4 is 17.6 Å². The molecule has 1 heterocycles. The zero-order valence-corrected chi connectivity index (χ0v) is 12.4. The fourth-order valence-corrected chi connectivity index (χ4v) is 2.37. The minimum absolute atomic E-state index is 0.0420. The summed E-state index contributed by atoms with van der Waals surface area (Å²) in [5.74, 6) is 0.535. The predicted molar refractivity (Wildman–Crippen MR) is 80.5 cm³/mol. The first kappa shape index (κ1) is 15.3. The summed E-state index contributed by atoms with van der Waals surface area (Å²) in [6.07, 6.45) is 7.69. The van der Waals surface area contributed by atoms with E-state index in [4.69, 9.17) is 0 Å². The van der Waals surface area contributed by atoms with Crippen molar-refractivity contribution in [1.29, 1.82) is 0 Å². The Balaban J connectivity index is 1.96. The second kappa shape index (κ2) is 7.06. The normalized spacial score (nSPS) is 16.1. The zero-order chi connectivity index (χ0) is 15.2. The Morgan fingerprint density at radius 1 is 1.38 bits per heavy atom. The summed E-state index contributed by atoms with van der Waals surface area (Å²) in [6.45, 7) is 4.06. The summed E-state index contributed by atoms with van der Waals surface area (Å²) in [4.78, 5) is 24.5. The first-order valence-electron chi connectivity index (χ1n) is 7.32. The molecule has 0 saturated carbocycles. The summed E-state index contributed by atoms with van der Waals surface area (Å²) in [5.41, 5.74) is 0. The number of amides is 2. The lowest BCUT2D eigenvalue weighted by Gasteiger charge is -2.21. The molecule has 0 spiro atoms. The highest BCUT2D eigenvalue weighted by Gasteiger charge is 2.26. The standard InChI is InChI=1S/C15H22N4O2/c1-10(2)9-12(15(21)18-13-7-8-16-19-13)17-14(20)11-5-3-4-6-11/h3-4,7-8,10-12H,5-6,9H2,1-2H3,(H,17,20)(H2,16,18,19,21)/t12-/m1/s1. The highest BCUT2D eigenvalue weighted by Crippen LogP contribution is 2.18. The summed E-state index contributed by atoms with van der Waals surface area (Å²) >= 11 is 0. The number of aromatic nitrogens is 2. The van der Waals surface area contributed by atoms with E-state index in [1.165, 1.54) is 0 Å². The van der Waals surface area contributed by atoms with Gasteiger partial charge in [0.2, 0.25) is 11.8 Å². The predicted octanol–water partition coefficient (Wildman–Crippen LogP) is 1.85. The third kappa shape index (κ3) is 4.44. The van der Waals surface area contributed by atoms with Gasteiger partial charge in [0.25, 0.3) is 0 Å². The molecule has 0 unspecified atom stereocenters. The minimum Gasteiger partial charge on any atom is -0.344 e. The van der Waals surface area contributed by atoms with Crippen LogP contribution in [0, 0.1) is 11.8 Å². The molecule has 6 nitrogen and oxygen atoms in total. The number of allylic oxidation sites excluding steroid dienone is 2. The fraction of sp³-hybridized carbons (Fsp3) is 0.533. The number of nitrogens with one attached hydrogen (secondary N) is 3. The summed E-state index contributed by atoms with van der Waals surface area (Å²) in [6, 6.07) is 1.15. The highest BCUT2D eigenvalue weighted by atomic mass is 16.2. The molecule has 1 atom stereocenters. The van der Waals surface area contributed by atoms with Gasteiger partial charge in [0.1, 0.15) is 11.9 Å². The van der Waals surface area contributed by atoms with Gasteiger partial charge in [-0.2, -0.15) is 5.10 Å². The van der Waals surface area contributed by atoms with Gasteiger partial charge in [-0.05, 0) is 25.2 Å². The smallest absolute Gasteiger partial charge is 0.248 e. The van der Waals surface area contributed by atoms with Crippen LogP contribution in [-0.4, -0.2) is 28.1 Å². The van der Waals surface area contributed by atoms with Crippen LogP contribution in [0.4, 0.5) is 5.82 Å². The topological polar surface area (TPSA) is 86.9 Å². The molecule has 2 amide bonds. The Bertz CT molecular complexity index is 500. The molecule has 21 heavy (non-hydrogen) atoms. The molecule has 0 fully saturated rings. The number of rotatable bonds is 6. The van der Waals surface area contributed by atoms with Crippen molar-refractivity contribution < 1.29 is 9.59 Å². The number of hydrogen-bond acceptors (Lipinski definition) is 3. The second-order valence-electron chi connectivity index (χ2n) is 5.79. The number of carbonyl (C=O) groups excluding carboxylic acids is 2. The fourth-order valence-electron chi connectivity index (χ4n) is 2.37. The Morgan fingerprint density at radius 2 is 2.10 bits per heavy atom. The van der Waals surface area contributed by atoms with Gasteiger partial charge >= 0.3 is 0 Å². The van der Waals surface area contributed by atoms with Crippen LogP contribution in [0.3, 0.4) is 0 Å². The largest absolute Gasteiger partial charge is 0.344 e. The molecule has 0 saturated heterocycles. The first-order chi connectivity index (χ1) is 10.1. The number of carbonyl (C=O) groups is 2. The van der Waals surface area contributed by atoms with Crippen LogP contribution in [0.15, 0.2) is 24.4 Å². The Labute approximate surface area is 124 Å². The molecule has 0 bridgehead atoms. The van der Waals surface area contributed by atoms with E-state index in [1.54, 1.807) is 12.3 Å². The van der Waals surface area contributed by atoms with Crippen LogP contribution >= 0.6 is 0 Å². The van der Waals surface area contributed by atoms with Crippen LogP contribution < -0.4 is 10.6 Å². The van der Waals surface area contributed by atoms with Crippen LogP contribution in [0.25, 0.3) is 0 Å². The molecule has 1 aromatic rings. The molecule has 114 valence electrons. The van der Waals surface area contributed by atoms with E-state index >= 15 is 0 Å². The Morgan fingerprint density at radius 3 is 2.67 bits per heavy atom. The molecule has 3 N–H and O–H groups in total. The number of nitrogens with zero attached hydrogens (tertiary/aromatic N) is 1. The lowest BCUT2D eigenvalue weighted by Crippen LogP contribution is -2.46. The molecule has 1 aliphatic rings. The number of hydrogen-bond donors (Lipinski definition) is 3. The molecule has 1 aromatic heterocycles. The van der Waals surface area contributed by atoms with Crippen molar-refractivity contribution in [3.8, 4) is 0 Å². The molecule has 0 aromatic carbocycles. The van der Waals surface area contributed by atoms with E-state index in [0.29, 0.717) is 18.2 Å². The van der Waals surface area contributed by atoms with Gasteiger partial charge in [0.15, 0.2) is 0 Å². The van der Waals surface area contributed by atoms with Crippen molar-refractivity contribution in [2.45, 2.75) is 39.2 Å². The third-order valence-electron chi connectivity index (χ3n) is 3.48. The molecule has 0 radical (unpaired) electrons. The van der Waals surface area contributed by atoms with Crippen LogP contribution in [0.1, 0.15) is 33.1 Å². The second-order valence-corrected chi connectivity index (χ2v) is 5.79. The van der Waals surface area contributed by atoms with Gasteiger partial charge in [-0.3, -0.25) is 14.7 Å². The Hall–Kier alpha value is -2.11. The maximum atomic E-state index is 12.3. The van der Waals surface area contributed by atoms with Crippen molar-refractivity contribution in [3.05, 3.63) is 24.4 Å². The molecule has 1 aliphatic carbocycles. The average molecular weight is 290 g/mol. The van der Waals surface area contributed by atoms with Gasteiger partial charge in [-0.25, -0.2) is 0 Å². The summed E-state index contributed by atoms with van der Waals surface area (Å²) < 4.78 is 0.